The van der Waals surface area contributed by atoms with Gasteiger partial charge in [0, 0.05) is 16.7 Å². The van der Waals surface area contributed by atoms with Gasteiger partial charge >= 0.3 is 0 Å². The van der Waals surface area contributed by atoms with Gasteiger partial charge in [-0.2, -0.15) is 5.26 Å². The van der Waals surface area contributed by atoms with E-state index in [0.29, 0.717) is 11.4 Å². The molecule has 9 aromatic rings. The SMILES string of the molecule is N#Cc1ccc(-c2cc(-c3ccc4ccccc4c3-c3ccc(-c4cc(-c5ccccc5)nc(-c5ccccc5)n4)cc3)cc3ccccc23)cc1. The van der Waals surface area contributed by atoms with Crippen LogP contribution in [0.2, 0.25) is 0 Å². The lowest BCUT2D eigenvalue weighted by Gasteiger charge is -2.17. The maximum atomic E-state index is 9.43. The summed E-state index contributed by atoms with van der Waals surface area (Å²) in [7, 11) is 0. The number of nitrogens with zero attached hydrogens (tertiary/aromatic N) is 3. The normalized spacial score (nSPS) is 11.1. The third-order valence-electron chi connectivity index (χ3n) is 9.72. The molecule has 0 N–H and O–H groups in total. The summed E-state index contributed by atoms with van der Waals surface area (Å²) in [6.07, 6.45) is 0. The zero-order valence-electron chi connectivity index (χ0n) is 28.2. The van der Waals surface area contributed by atoms with Crippen LogP contribution in [0.1, 0.15) is 5.56 Å². The van der Waals surface area contributed by atoms with Gasteiger partial charge in [0.05, 0.1) is 23.0 Å². The molecule has 8 aromatic carbocycles. The smallest absolute Gasteiger partial charge is 0.160 e. The molecule has 0 aliphatic heterocycles. The zero-order valence-corrected chi connectivity index (χ0v) is 28.2. The van der Waals surface area contributed by atoms with Gasteiger partial charge in [-0.05, 0) is 85.3 Å². The number of hydrogen-bond acceptors (Lipinski definition) is 3. The summed E-state index contributed by atoms with van der Waals surface area (Å²) in [6.45, 7) is 0. The van der Waals surface area contributed by atoms with E-state index < -0.39 is 0 Å². The Morgan fingerprint density at radius 3 is 1.62 bits per heavy atom. The Labute approximate surface area is 302 Å². The van der Waals surface area contributed by atoms with E-state index >= 15 is 0 Å². The zero-order chi connectivity index (χ0) is 34.9. The summed E-state index contributed by atoms with van der Waals surface area (Å²) < 4.78 is 0. The van der Waals surface area contributed by atoms with Crippen LogP contribution in [0, 0.1) is 11.3 Å². The monoisotopic (exact) mass is 661 g/mol. The van der Waals surface area contributed by atoms with E-state index in [0.717, 1.165) is 55.9 Å². The fraction of sp³-hybridized carbons (Fsp3) is 0. The molecule has 0 atom stereocenters. The van der Waals surface area contributed by atoms with Crippen LogP contribution in [-0.2, 0) is 0 Å². The van der Waals surface area contributed by atoms with Gasteiger partial charge in [-0.25, -0.2) is 9.97 Å². The van der Waals surface area contributed by atoms with E-state index in [1.165, 1.54) is 27.1 Å². The largest absolute Gasteiger partial charge is 0.228 e. The highest BCUT2D eigenvalue weighted by Gasteiger charge is 2.16. The molecular formula is C49H31N3. The van der Waals surface area contributed by atoms with Gasteiger partial charge in [0.25, 0.3) is 0 Å². The average Bonchev–Trinajstić information content (AvgIpc) is 3.23. The minimum atomic E-state index is 0.652. The maximum absolute atomic E-state index is 9.43. The van der Waals surface area contributed by atoms with Gasteiger partial charge in [0.15, 0.2) is 5.82 Å². The van der Waals surface area contributed by atoms with Gasteiger partial charge in [0.1, 0.15) is 0 Å². The number of hydrogen-bond donors (Lipinski definition) is 0. The summed E-state index contributed by atoms with van der Waals surface area (Å²) in [6, 6.07) is 67.6. The van der Waals surface area contributed by atoms with Crippen LogP contribution in [0.15, 0.2) is 188 Å². The molecule has 0 saturated heterocycles. The van der Waals surface area contributed by atoms with Crippen LogP contribution in [-0.4, -0.2) is 9.97 Å². The molecule has 52 heavy (non-hydrogen) atoms. The van der Waals surface area contributed by atoms with Crippen LogP contribution >= 0.6 is 0 Å². The van der Waals surface area contributed by atoms with Crippen molar-refractivity contribution >= 4 is 21.5 Å². The van der Waals surface area contributed by atoms with E-state index in [9.17, 15) is 5.26 Å². The molecule has 3 nitrogen and oxygen atoms in total. The molecule has 9 rings (SSSR count). The van der Waals surface area contributed by atoms with Crippen molar-refractivity contribution < 1.29 is 0 Å². The van der Waals surface area contributed by atoms with E-state index in [1.807, 2.05) is 60.7 Å². The highest BCUT2D eigenvalue weighted by atomic mass is 14.9. The molecular weight excluding hydrogens is 631 g/mol. The molecule has 0 fully saturated rings. The van der Waals surface area contributed by atoms with Crippen molar-refractivity contribution in [3.63, 3.8) is 0 Å². The third kappa shape index (κ3) is 5.79. The van der Waals surface area contributed by atoms with E-state index in [2.05, 4.69) is 133 Å². The average molecular weight is 662 g/mol. The summed E-state index contributed by atoms with van der Waals surface area (Å²) >= 11 is 0. The minimum absolute atomic E-state index is 0.652. The van der Waals surface area contributed by atoms with Crippen molar-refractivity contribution in [1.82, 2.24) is 9.97 Å². The van der Waals surface area contributed by atoms with Crippen molar-refractivity contribution in [2.24, 2.45) is 0 Å². The lowest BCUT2D eigenvalue weighted by molar-refractivity contribution is 1.18. The molecule has 0 spiro atoms. The summed E-state index contributed by atoms with van der Waals surface area (Å²) in [5.41, 5.74) is 12.3. The maximum Gasteiger partial charge on any atom is 0.160 e. The molecule has 0 bridgehead atoms. The lowest BCUT2D eigenvalue weighted by Crippen LogP contribution is -1.96. The van der Waals surface area contributed by atoms with Gasteiger partial charge in [-0.3, -0.25) is 0 Å². The first-order chi connectivity index (χ1) is 25.7. The first-order valence-electron chi connectivity index (χ1n) is 17.4. The molecule has 0 saturated carbocycles. The third-order valence-corrected chi connectivity index (χ3v) is 9.72. The molecule has 1 aromatic heterocycles. The Kier molecular flexibility index (Phi) is 7.89. The predicted molar refractivity (Wildman–Crippen MR) is 214 cm³/mol. The Balaban J connectivity index is 1.20. The van der Waals surface area contributed by atoms with Crippen LogP contribution < -0.4 is 0 Å². The Hall–Kier alpha value is -7.15. The highest BCUT2D eigenvalue weighted by molar-refractivity contribution is 6.07. The first kappa shape index (κ1) is 30.9. The van der Waals surface area contributed by atoms with Crippen LogP contribution in [0.25, 0.3) is 88.8 Å². The van der Waals surface area contributed by atoms with E-state index in [-0.39, 0.29) is 0 Å². The van der Waals surface area contributed by atoms with Crippen LogP contribution in [0.4, 0.5) is 0 Å². The molecule has 0 aliphatic carbocycles. The fourth-order valence-corrected chi connectivity index (χ4v) is 7.13. The molecule has 1 heterocycles. The van der Waals surface area contributed by atoms with Crippen molar-refractivity contribution in [2.75, 3.05) is 0 Å². The predicted octanol–water partition coefficient (Wildman–Crippen LogP) is 12.7. The van der Waals surface area contributed by atoms with E-state index in [1.54, 1.807) is 0 Å². The lowest BCUT2D eigenvalue weighted by atomic mass is 9.86. The van der Waals surface area contributed by atoms with Gasteiger partial charge < -0.3 is 0 Å². The summed E-state index contributed by atoms with van der Waals surface area (Å²) in [5.74, 6) is 0.701. The van der Waals surface area contributed by atoms with Gasteiger partial charge in [0.2, 0.25) is 0 Å². The van der Waals surface area contributed by atoms with E-state index in [4.69, 9.17) is 9.97 Å². The van der Waals surface area contributed by atoms with Crippen molar-refractivity contribution in [2.45, 2.75) is 0 Å². The number of benzene rings is 8. The number of nitriles is 1. The summed E-state index contributed by atoms with van der Waals surface area (Å²) in [4.78, 5) is 10.0. The van der Waals surface area contributed by atoms with Crippen molar-refractivity contribution in [3.8, 4) is 73.4 Å². The number of aromatic nitrogens is 2. The second kappa shape index (κ2) is 13.3. The van der Waals surface area contributed by atoms with Gasteiger partial charge in [-0.15, -0.1) is 0 Å². The highest BCUT2D eigenvalue weighted by Crippen LogP contribution is 2.42. The van der Waals surface area contributed by atoms with Crippen molar-refractivity contribution in [1.29, 1.82) is 5.26 Å². The molecule has 242 valence electrons. The van der Waals surface area contributed by atoms with Gasteiger partial charge in [-0.1, -0.05) is 158 Å². The Morgan fingerprint density at radius 1 is 0.365 bits per heavy atom. The van der Waals surface area contributed by atoms with Crippen LogP contribution in [0.3, 0.4) is 0 Å². The first-order valence-corrected chi connectivity index (χ1v) is 17.4. The molecule has 0 unspecified atom stereocenters. The Bertz CT molecular complexity index is 2710. The standard InChI is InChI=1S/C49H31N3/c50-32-33-19-21-35(22-20-33)45-30-41(29-40-16-8-9-17-42(40)45)44-28-27-34-11-7-10-18-43(34)48(44)38-25-23-37(24-26-38)47-31-46(36-12-3-1-4-13-36)51-49(52-47)39-14-5-2-6-15-39/h1-31H. The topological polar surface area (TPSA) is 49.6 Å². The minimum Gasteiger partial charge on any atom is -0.228 e. The second-order valence-corrected chi connectivity index (χ2v) is 12.9. The molecule has 0 radical (unpaired) electrons. The molecule has 0 amide bonds. The molecule has 0 aliphatic rings. The number of rotatable bonds is 6. The quantitative estimate of drug-likeness (QED) is 0.178. The summed E-state index contributed by atoms with van der Waals surface area (Å²) in [5, 5.41) is 14.2. The molecule has 3 heteroatoms. The fourth-order valence-electron chi connectivity index (χ4n) is 7.13. The Morgan fingerprint density at radius 2 is 0.923 bits per heavy atom. The van der Waals surface area contributed by atoms with Crippen molar-refractivity contribution in [3.05, 3.63) is 194 Å². The number of fused-ring (bicyclic) bond motifs is 2. The van der Waals surface area contributed by atoms with Crippen LogP contribution in [0.5, 0.6) is 0 Å². The second-order valence-electron chi connectivity index (χ2n) is 12.9.